The predicted molar refractivity (Wildman–Crippen MR) is 74.9 cm³/mol. The van der Waals surface area contributed by atoms with Crippen molar-refractivity contribution in [2.45, 2.75) is 52.4 Å². The third-order valence-corrected chi connectivity index (χ3v) is 2.92. The average Bonchev–Trinajstić information content (AvgIpc) is 2.41. The fourth-order valence-electron chi connectivity index (χ4n) is 1.89. The van der Waals surface area contributed by atoms with Gasteiger partial charge in [0, 0.05) is 0 Å². The smallest absolute Gasteiger partial charge is 0.338 e. The number of ether oxygens (including phenoxy) is 1. The number of hydrogen-bond acceptors (Lipinski definition) is 2. The number of hydrogen-bond donors (Lipinski definition) is 0. The Bertz CT molecular complexity index is 358. The first kappa shape index (κ1) is 14.7. The van der Waals surface area contributed by atoms with Gasteiger partial charge in [-0.05, 0) is 37.0 Å². The minimum atomic E-state index is -0.202. The van der Waals surface area contributed by atoms with E-state index in [2.05, 4.69) is 13.0 Å². The van der Waals surface area contributed by atoms with Crippen LogP contribution < -0.4 is 0 Å². The SMILES string of the molecule is CCCCCCc1cccc(C(=O)OCCC)c1. The molecule has 1 rings (SSSR count). The average molecular weight is 248 g/mol. The summed E-state index contributed by atoms with van der Waals surface area (Å²) in [6.45, 7) is 4.71. The van der Waals surface area contributed by atoms with Crippen LogP contribution in [0.4, 0.5) is 0 Å². The summed E-state index contributed by atoms with van der Waals surface area (Å²) in [7, 11) is 0. The first-order valence-corrected chi connectivity index (χ1v) is 7.04. The summed E-state index contributed by atoms with van der Waals surface area (Å²) >= 11 is 0. The van der Waals surface area contributed by atoms with Crippen molar-refractivity contribution < 1.29 is 9.53 Å². The molecular weight excluding hydrogens is 224 g/mol. The van der Waals surface area contributed by atoms with Crippen LogP contribution in [0.5, 0.6) is 0 Å². The van der Waals surface area contributed by atoms with E-state index in [-0.39, 0.29) is 5.97 Å². The van der Waals surface area contributed by atoms with Crippen LogP contribution in [0.1, 0.15) is 61.9 Å². The fraction of sp³-hybridized carbons (Fsp3) is 0.562. The molecule has 0 fully saturated rings. The molecule has 0 aromatic heterocycles. The lowest BCUT2D eigenvalue weighted by atomic mass is 10.0. The number of carbonyl (C=O) groups is 1. The summed E-state index contributed by atoms with van der Waals surface area (Å²) < 4.78 is 5.14. The summed E-state index contributed by atoms with van der Waals surface area (Å²) in [5.74, 6) is -0.202. The molecule has 0 saturated heterocycles. The molecule has 1 aromatic rings. The van der Waals surface area contributed by atoms with Crippen molar-refractivity contribution in [2.75, 3.05) is 6.61 Å². The zero-order chi connectivity index (χ0) is 13.2. The molecule has 0 N–H and O–H groups in total. The normalized spacial score (nSPS) is 10.3. The van der Waals surface area contributed by atoms with Gasteiger partial charge in [0.2, 0.25) is 0 Å². The maximum absolute atomic E-state index is 11.7. The van der Waals surface area contributed by atoms with E-state index < -0.39 is 0 Å². The molecule has 2 nitrogen and oxygen atoms in total. The molecule has 100 valence electrons. The number of carbonyl (C=O) groups excluding carboxylic acids is 1. The Morgan fingerprint density at radius 1 is 1.11 bits per heavy atom. The van der Waals surface area contributed by atoms with Gasteiger partial charge in [-0.2, -0.15) is 0 Å². The van der Waals surface area contributed by atoms with Crippen molar-refractivity contribution in [3.8, 4) is 0 Å². The number of aryl methyl sites for hydroxylation is 1. The van der Waals surface area contributed by atoms with E-state index in [0.717, 1.165) is 12.8 Å². The molecule has 0 spiro atoms. The van der Waals surface area contributed by atoms with Gasteiger partial charge in [0.1, 0.15) is 0 Å². The molecule has 0 saturated carbocycles. The Morgan fingerprint density at radius 3 is 2.67 bits per heavy atom. The van der Waals surface area contributed by atoms with Gasteiger partial charge in [-0.25, -0.2) is 4.79 Å². The van der Waals surface area contributed by atoms with Gasteiger partial charge in [0.05, 0.1) is 12.2 Å². The third kappa shape index (κ3) is 5.35. The van der Waals surface area contributed by atoms with Gasteiger partial charge in [0.25, 0.3) is 0 Å². The molecule has 2 heteroatoms. The van der Waals surface area contributed by atoms with Crippen LogP contribution in [0.15, 0.2) is 24.3 Å². The Hall–Kier alpha value is -1.31. The van der Waals surface area contributed by atoms with Crippen LogP contribution in [0.25, 0.3) is 0 Å². The lowest BCUT2D eigenvalue weighted by molar-refractivity contribution is 0.0505. The van der Waals surface area contributed by atoms with Gasteiger partial charge in [-0.1, -0.05) is 45.2 Å². The quantitative estimate of drug-likeness (QED) is 0.504. The summed E-state index contributed by atoms with van der Waals surface area (Å²) in [6.07, 6.45) is 6.92. The monoisotopic (exact) mass is 248 g/mol. The number of unbranched alkanes of at least 4 members (excludes halogenated alkanes) is 3. The number of benzene rings is 1. The van der Waals surface area contributed by atoms with Crippen molar-refractivity contribution in [1.29, 1.82) is 0 Å². The second-order valence-electron chi connectivity index (χ2n) is 4.65. The minimum Gasteiger partial charge on any atom is -0.462 e. The van der Waals surface area contributed by atoms with Crippen molar-refractivity contribution in [1.82, 2.24) is 0 Å². The molecule has 0 heterocycles. The van der Waals surface area contributed by atoms with Crippen LogP contribution >= 0.6 is 0 Å². The molecule has 0 unspecified atom stereocenters. The maximum Gasteiger partial charge on any atom is 0.338 e. The highest BCUT2D eigenvalue weighted by Crippen LogP contribution is 2.11. The van der Waals surface area contributed by atoms with Crippen LogP contribution in [0.2, 0.25) is 0 Å². The molecule has 0 atom stereocenters. The number of rotatable bonds is 8. The molecule has 0 radical (unpaired) electrons. The number of esters is 1. The maximum atomic E-state index is 11.7. The first-order valence-electron chi connectivity index (χ1n) is 7.04. The molecule has 0 amide bonds. The zero-order valence-corrected chi connectivity index (χ0v) is 11.6. The first-order chi connectivity index (χ1) is 8.77. The van der Waals surface area contributed by atoms with E-state index in [4.69, 9.17) is 4.74 Å². The summed E-state index contributed by atoms with van der Waals surface area (Å²) in [4.78, 5) is 11.7. The zero-order valence-electron chi connectivity index (χ0n) is 11.6. The minimum absolute atomic E-state index is 0.202. The summed E-state index contributed by atoms with van der Waals surface area (Å²) in [5, 5.41) is 0. The third-order valence-electron chi connectivity index (χ3n) is 2.92. The Balaban J connectivity index is 2.48. The Kier molecular flexibility index (Phi) is 7.16. The summed E-state index contributed by atoms with van der Waals surface area (Å²) in [6, 6.07) is 7.82. The predicted octanol–water partition coefficient (Wildman–Crippen LogP) is 4.38. The highest BCUT2D eigenvalue weighted by Gasteiger charge is 2.06. The van der Waals surface area contributed by atoms with Crippen LogP contribution in [-0.4, -0.2) is 12.6 Å². The van der Waals surface area contributed by atoms with Crippen molar-refractivity contribution in [2.24, 2.45) is 0 Å². The van der Waals surface area contributed by atoms with E-state index in [0.29, 0.717) is 12.2 Å². The molecule has 0 aliphatic carbocycles. The van der Waals surface area contributed by atoms with Crippen molar-refractivity contribution >= 4 is 5.97 Å². The highest BCUT2D eigenvalue weighted by molar-refractivity contribution is 5.89. The van der Waals surface area contributed by atoms with Gasteiger partial charge in [-0.15, -0.1) is 0 Å². The van der Waals surface area contributed by atoms with Crippen LogP contribution in [0.3, 0.4) is 0 Å². The van der Waals surface area contributed by atoms with Crippen molar-refractivity contribution in [3.05, 3.63) is 35.4 Å². The molecule has 1 aromatic carbocycles. The molecular formula is C16H24O2. The largest absolute Gasteiger partial charge is 0.462 e. The second kappa shape index (κ2) is 8.73. The van der Waals surface area contributed by atoms with E-state index >= 15 is 0 Å². The lowest BCUT2D eigenvalue weighted by Crippen LogP contribution is -2.06. The van der Waals surface area contributed by atoms with Gasteiger partial charge < -0.3 is 4.74 Å². The Morgan fingerprint density at radius 2 is 1.94 bits per heavy atom. The van der Waals surface area contributed by atoms with E-state index in [1.165, 1.54) is 31.2 Å². The lowest BCUT2D eigenvalue weighted by Gasteiger charge is -2.05. The van der Waals surface area contributed by atoms with Crippen LogP contribution in [-0.2, 0) is 11.2 Å². The Labute approximate surface area is 110 Å². The second-order valence-corrected chi connectivity index (χ2v) is 4.65. The summed E-state index contributed by atoms with van der Waals surface area (Å²) in [5.41, 5.74) is 1.91. The molecule has 18 heavy (non-hydrogen) atoms. The van der Waals surface area contributed by atoms with Gasteiger partial charge >= 0.3 is 5.97 Å². The van der Waals surface area contributed by atoms with Gasteiger partial charge in [-0.3, -0.25) is 0 Å². The molecule has 0 aliphatic heterocycles. The van der Waals surface area contributed by atoms with Crippen LogP contribution in [0, 0.1) is 0 Å². The topological polar surface area (TPSA) is 26.3 Å². The molecule has 0 aliphatic rings. The van der Waals surface area contributed by atoms with Crippen molar-refractivity contribution in [3.63, 3.8) is 0 Å². The van der Waals surface area contributed by atoms with E-state index in [9.17, 15) is 4.79 Å². The van der Waals surface area contributed by atoms with E-state index in [1.807, 2.05) is 25.1 Å². The fourth-order valence-corrected chi connectivity index (χ4v) is 1.89. The van der Waals surface area contributed by atoms with E-state index in [1.54, 1.807) is 0 Å². The van der Waals surface area contributed by atoms with Gasteiger partial charge in [0.15, 0.2) is 0 Å². The highest BCUT2D eigenvalue weighted by atomic mass is 16.5. The standard InChI is InChI=1S/C16H24O2/c1-3-5-6-7-9-14-10-8-11-15(13-14)16(17)18-12-4-2/h8,10-11,13H,3-7,9,12H2,1-2H3. The molecule has 0 bridgehead atoms.